The van der Waals surface area contributed by atoms with Crippen molar-refractivity contribution >= 4 is 11.6 Å². The second kappa shape index (κ2) is 7.22. The van der Waals surface area contributed by atoms with Crippen molar-refractivity contribution in [3.63, 3.8) is 0 Å². The summed E-state index contributed by atoms with van der Waals surface area (Å²) < 4.78 is 52.7. The van der Waals surface area contributed by atoms with Gasteiger partial charge in [0.05, 0.1) is 11.3 Å². The standard InChI is InChI=1S/C19H15F4N3O/c1-12-9-17(13-5-7-15(20)8-6-13)25-26(12)11-18(27)24-16-4-2-3-14(10-16)19(21,22)23/h2-10H,11H2,1H3,(H,24,27). The molecule has 2 aromatic carbocycles. The Morgan fingerprint density at radius 3 is 2.48 bits per heavy atom. The molecule has 1 amide bonds. The monoisotopic (exact) mass is 377 g/mol. The zero-order valence-electron chi connectivity index (χ0n) is 14.2. The lowest BCUT2D eigenvalue weighted by Gasteiger charge is -2.10. The number of benzene rings is 2. The van der Waals surface area contributed by atoms with E-state index in [1.165, 1.54) is 28.9 Å². The van der Waals surface area contributed by atoms with Gasteiger partial charge in [0.2, 0.25) is 5.91 Å². The van der Waals surface area contributed by atoms with E-state index < -0.39 is 17.6 Å². The molecule has 0 aliphatic rings. The molecule has 0 atom stereocenters. The van der Waals surface area contributed by atoms with Gasteiger partial charge in [0.1, 0.15) is 12.4 Å². The van der Waals surface area contributed by atoms with Crippen molar-refractivity contribution in [1.82, 2.24) is 9.78 Å². The Labute approximate surface area is 152 Å². The van der Waals surface area contributed by atoms with Crippen LogP contribution in [0.15, 0.2) is 54.6 Å². The third kappa shape index (κ3) is 4.52. The summed E-state index contributed by atoms with van der Waals surface area (Å²) in [5.41, 5.74) is 1.16. The van der Waals surface area contributed by atoms with Crippen molar-refractivity contribution < 1.29 is 22.4 Å². The molecule has 4 nitrogen and oxygen atoms in total. The second-order valence-corrected chi connectivity index (χ2v) is 5.96. The van der Waals surface area contributed by atoms with Crippen LogP contribution < -0.4 is 5.32 Å². The molecule has 140 valence electrons. The number of hydrogen-bond donors (Lipinski definition) is 1. The van der Waals surface area contributed by atoms with E-state index >= 15 is 0 Å². The molecule has 27 heavy (non-hydrogen) atoms. The smallest absolute Gasteiger partial charge is 0.324 e. The number of carbonyl (C=O) groups is 1. The van der Waals surface area contributed by atoms with Gasteiger partial charge in [-0.25, -0.2) is 4.39 Å². The number of amides is 1. The van der Waals surface area contributed by atoms with Crippen molar-refractivity contribution in [1.29, 1.82) is 0 Å². The van der Waals surface area contributed by atoms with Crippen molar-refractivity contribution in [3.05, 3.63) is 71.7 Å². The Hall–Kier alpha value is -3.16. The Kier molecular flexibility index (Phi) is 4.98. The molecule has 1 heterocycles. The van der Waals surface area contributed by atoms with E-state index in [1.807, 2.05) is 0 Å². The van der Waals surface area contributed by atoms with Crippen LogP contribution in [-0.2, 0) is 17.5 Å². The summed E-state index contributed by atoms with van der Waals surface area (Å²) in [4.78, 5) is 12.2. The first-order valence-electron chi connectivity index (χ1n) is 8.00. The first-order chi connectivity index (χ1) is 12.7. The number of rotatable bonds is 4. The van der Waals surface area contributed by atoms with Gasteiger partial charge in [0.15, 0.2) is 0 Å². The average Bonchev–Trinajstić information content (AvgIpc) is 2.95. The highest BCUT2D eigenvalue weighted by Gasteiger charge is 2.30. The number of hydrogen-bond acceptors (Lipinski definition) is 2. The fourth-order valence-electron chi connectivity index (χ4n) is 2.54. The van der Waals surface area contributed by atoms with Gasteiger partial charge < -0.3 is 5.32 Å². The molecule has 0 aliphatic carbocycles. The van der Waals surface area contributed by atoms with Gasteiger partial charge in [-0.05, 0) is 55.5 Å². The Morgan fingerprint density at radius 2 is 1.81 bits per heavy atom. The maximum atomic E-state index is 13.0. The van der Waals surface area contributed by atoms with E-state index in [0.717, 1.165) is 12.1 Å². The molecule has 0 aliphatic heterocycles. The summed E-state index contributed by atoms with van der Waals surface area (Å²) in [6.07, 6.45) is -4.48. The van der Waals surface area contributed by atoms with Crippen LogP contribution in [0.5, 0.6) is 0 Å². The zero-order chi connectivity index (χ0) is 19.6. The van der Waals surface area contributed by atoms with Gasteiger partial charge in [-0.15, -0.1) is 0 Å². The molecule has 0 saturated carbocycles. The first kappa shape index (κ1) is 18.6. The minimum atomic E-state index is -4.48. The Bertz CT molecular complexity index is 962. The number of carbonyl (C=O) groups excluding carboxylic acids is 1. The number of alkyl halides is 3. The van der Waals surface area contributed by atoms with Gasteiger partial charge in [0.25, 0.3) is 0 Å². The van der Waals surface area contributed by atoms with E-state index in [-0.39, 0.29) is 18.0 Å². The minimum Gasteiger partial charge on any atom is -0.324 e. The SMILES string of the molecule is Cc1cc(-c2ccc(F)cc2)nn1CC(=O)Nc1cccc(C(F)(F)F)c1. The molecule has 8 heteroatoms. The quantitative estimate of drug-likeness (QED) is 0.673. The lowest BCUT2D eigenvalue weighted by Crippen LogP contribution is -2.20. The maximum absolute atomic E-state index is 13.0. The van der Waals surface area contributed by atoms with Crippen molar-refractivity contribution in [2.75, 3.05) is 5.32 Å². The third-order valence-electron chi connectivity index (χ3n) is 3.89. The largest absolute Gasteiger partial charge is 0.416 e. The average molecular weight is 377 g/mol. The second-order valence-electron chi connectivity index (χ2n) is 5.96. The van der Waals surface area contributed by atoms with Crippen LogP contribution in [0.4, 0.5) is 23.2 Å². The van der Waals surface area contributed by atoms with Gasteiger partial charge in [-0.3, -0.25) is 9.48 Å². The molecule has 0 unspecified atom stereocenters. The fourth-order valence-corrected chi connectivity index (χ4v) is 2.54. The van der Waals surface area contributed by atoms with Gasteiger partial charge in [0, 0.05) is 16.9 Å². The molecule has 0 radical (unpaired) electrons. The van der Waals surface area contributed by atoms with Crippen LogP contribution in [0, 0.1) is 12.7 Å². The summed E-state index contributed by atoms with van der Waals surface area (Å²) >= 11 is 0. The first-order valence-corrected chi connectivity index (χ1v) is 8.00. The normalized spacial score (nSPS) is 11.4. The molecule has 0 saturated heterocycles. The molecule has 0 bridgehead atoms. The van der Waals surface area contributed by atoms with Crippen molar-refractivity contribution in [2.45, 2.75) is 19.6 Å². The summed E-state index contributed by atoms with van der Waals surface area (Å²) in [6.45, 7) is 1.58. The Balaban J connectivity index is 1.72. The molecule has 3 rings (SSSR count). The molecule has 1 N–H and O–H groups in total. The highest BCUT2D eigenvalue weighted by Crippen LogP contribution is 2.30. The molecular formula is C19H15F4N3O. The molecule has 0 spiro atoms. The summed E-state index contributed by atoms with van der Waals surface area (Å²) in [7, 11) is 0. The number of nitrogens with one attached hydrogen (secondary N) is 1. The van der Waals surface area contributed by atoms with E-state index in [0.29, 0.717) is 17.0 Å². The number of anilines is 1. The van der Waals surface area contributed by atoms with Crippen molar-refractivity contribution in [2.24, 2.45) is 0 Å². The third-order valence-corrected chi connectivity index (χ3v) is 3.89. The number of aryl methyl sites for hydroxylation is 1. The lowest BCUT2D eigenvalue weighted by atomic mass is 10.1. The number of halogens is 4. The predicted octanol–water partition coefficient (Wildman–Crippen LogP) is 4.66. The summed E-state index contributed by atoms with van der Waals surface area (Å²) in [5.74, 6) is -0.874. The number of aromatic nitrogens is 2. The van der Waals surface area contributed by atoms with Crippen LogP contribution in [0.2, 0.25) is 0 Å². The maximum Gasteiger partial charge on any atom is 0.416 e. The van der Waals surface area contributed by atoms with Gasteiger partial charge >= 0.3 is 6.18 Å². The van der Waals surface area contributed by atoms with Gasteiger partial charge in [-0.1, -0.05) is 6.07 Å². The lowest BCUT2D eigenvalue weighted by molar-refractivity contribution is -0.137. The molecular weight excluding hydrogens is 362 g/mol. The van der Waals surface area contributed by atoms with Crippen LogP contribution in [0.1, 0.15) is 11.3 Å². The highest BCUT2D eigenvalue weighted by molar-refractivity contribution is 5.90. The molecule has 3 aromatic rings. The minimum absolute atomic E-state index is 0.0541. The van der Waals surface area contributed by atoms with E-state index in [1.54, 1.807) is 25.1 Å². The predicted molar refractivity (Wildman–Crippen MR) is 92.4 cm³/mol. The topological polar surface area (TPSA) is 46.9 Å². The summed E-state index contributed by atoms with van der Waals surface area (Å²) in [5, 5.41) is 6.74. The van der Waals surface area contributed by atoms with Crippen LogP contribution in [0.25, 0.3) is 11.3 Å². The zero-order valence-corrected chi connectivity index (χ0v) is 14.2. The Morgan fingerprint density at radius 1 is 1.11 bits per heavy atom. The van der Waals surface area contributed by atoms with E-state index in [2.05, 4.69) is 10.4 Å². The van der Waals surface area contributed by atoms with Crippen LogP contribution in [0.3, 0.4) is 0 Å². The number of nitrogens with zero attached hydrogens (tertiary/aromatic N) is 2. The highest BCUT2D eigenvalue weighted by atomic mass is 19.4. The van der Waals surface area contributed by atoms with Crippen molar-refractivity contribution in [3.8, 4) is 11.3 Å². The van der Waals surface area contributed by atoms with Crippen LogP contribution in [-0.4, -0.2) is 15.7 Å². The fraction of sp³-hybridized carbons (Fsp3) is 0.158. The van der Waals surface area contributed by atoms with Crippen LogP contribution >= 0.6 is 0 Å². The molecule has 0 fully saturated rings. The molecule has 1 aromatic heterocycles. The van der Waals surface area contributed by atoms with Gasteiger partial charge in [-0.2, -0.15) is 18.3 Å². The summed E-state index contributed by atoms with van der Waals surface area (Å²) in [6, 6.07) is 11.9. The van der Waals surface area contributed by atoms with E-state index in [4.69, 9.17) is 0 Å². The van der Waals surface area contributed by atoms with E-state index in [9.17, 15) is 22.4 Å².